The molecule has 0 aromatic heterocycles. The molecule has 1 amide bonds. The van der Waals surface area contributed by atoms with Crippen LogP contribution >= 0.6 is 0 Å². The van der Waals surface area contributed by atoms with Gasteiger partial charge in [-0.05, 0) is 26.7 Å². The first-order valence-corrected chi connectivity index (χ1v) is 6.57. The molecular formula is C13H24N2O. The van der Waals surface area contributed by atoms with Gasteiger partial charge in [-0.15, -0.1) is 0 Å². The van der Waals surface area contributed by atoms with Gasteiger partial charge in [0, 0.05) is 37.1 Å². The molecule has 16 heavy (non-hydrogen) atoms. The maximum atomic E-state index is 12.1. The second-order valence-corrected chi connectivity index (χ2v) is 5.82. The van der Waals surface area contributed by atoms with Gasteiger partial charge in [0.15, 0.2) is 0 Å². The van der Waals surface area contributed by atoms with Crippen LogP contribution in [0.4, 0.5) is 0 Å². The van der Waals surface area contributed by atoms with Crippen LogP contribution in [-0.4, -0.2) is 46.9 Å². The molecule has 0 saturated carbocycles. The average molecular weight is 224 g/mol. The van der Waals surface area contributed by atoms with Crippen molar-refractivity contribution in [1.82, 2.24) is 9.80 Å². The van der Waals surface area contributed by atoms with Crippen molar-refractivity contribution < 1.29 is 4.79 Å². The zero-order valence-electron chi connectivity index (χ0n) is 10.9. The summed E-state index contributed by atoms with van der Waals surface area (Å²) >= 11 is 0. The number of nitrogens with zero attached hydrogens (tertiary/aromatic N) is 2. The zero-order chi connectivity index (χ0) is 11.9. The number of piperidine rings is 2. The van der Waals surface area contributed by atoms with Gasteiger partial charge in [-0.1, -0.05) is 13.8 Å². The van der Waals surface area contributed by atoms with Gasteiger partial charge in [0.25, 0.3) is 0 Å². The highest BCUT2D eigenvalue weighted by Crippen LogP contribution is 2.31. The molecule has 3 heterocycles. The Balaban J connectivity index is 2.06. The maximum absolute atomic E-state index is 12.1. The van der Waals surface area contributed by atoms with Gasteiger partial charge in [0.2, 0.25) is 5.91 Å². The lowest BCUT2D eigenvalue weighted by Crippen LogP contribution is -2.65. The fourth-order valence-electron chi connectivity index (χ4n) is 3.10. The molecule has 3 fully saturated rings. The Hall–Kier alpha value is -0.570. The van der Waals surface area contributed by atoms with E-state index in [4.69, 9.17) is 0 Å². The largest absolute Gasteiger partial charge is 0.337 e. The highest BCUT2D eigenvalue weighted by Gasteiger charge is 2.41. The molecule has 3 saturated heterocycles. The number of fused-ring (bicyclic) bond motifs is 3. The Labute approximate surface area is 98.8 Å². The molecule has 3 aliphatic rings. The summed E-state index contributed by atoms with van der Waals surface area (Å²) < 4.78 is 0. The van der Waals surface area contributed by atoms with Gasteiger partial charge in [-0.2, -0.15) is 0 Å². The minimum Gasteiger partial charge on any atom is -0.337 e. The lowest BCUT2D eigenvalue weighted by molar-refractivity contribution is -0.146. The molecule has 3 aliphatic heterocycles. The van der Waals surface area contributed by atoms with Crippen molar-refractivity contribution in [2.45, 2.75) is 58.7 Å². The zero-order valence-corrected chi connectivity index (χ0v) is 10.9. The third kappa shape index (κ3) is 1.97. The molecule has 0 radical (unpaired) electrons. The van der Waals surface area contributed by atoms with Crippen molar-refractivity contribution in [3.63, 3.8) is 0 Å². The summed E-state index contributed by atoms with van der Waals surface area (Å²) in [4.78, 5) is 16.8. The summed E-state index contributed by atoms with van der Waals surface area (Å²) in [5.74, 6) is 0.491. The van der Waals surface area contributed by atoms with E-state index >= 15 is 0 Å². The molecule has 2 unspecified atom stereocenters. The second-order valence-electron chi connectivity index (χ2n) is 5.82. The molecule has 3 nitrogen and oxygen atoms in total. The third-order valence-corrected chi connectivity index (χ3v) is 4.01. The van der Waals surface area contributed by atoms with Crippen molar-refractivity contribution in [3.8, 4) is 0 Å². The first kappa shape index (κ1) is 11.9. The van der Waals surface area contributed by atoms with E-state index in [0.717, 1.165) is 13.1 Å². The highest BCUT2D eigenvalue weighted by molar-refractivity contribution is 5.78. The fourth-order valence-corrected chi connectivity index (χ4v) is 3.10. The second kappa shape index (κ2) is 4.36. The van der Waals surface area contributed by atoms with Gasteiger partial charge < -0.3 is 4.90 Å². The molecule has 0 aromatic rings. The maximum Gasteiger partial charge on any atom is 0.225 e. The quantitative estimate of drug-likeness (QED) is 0.713. The van der Waals surface area contributed by atoms with Gasteiger partial charge in [-0.3, -0.25) is 9.69 Å². The van der Waals surface area contributed by atoms with Gasteiger partial charge in [-0.25, -0.2) is 0 Å². The van der Waals surface area contributed by atoms with E-state index in [1.165, 1.54) is 12.8 Å². The monoisotopic (exact) mass is 224 g/mol. The normalized spacial score (nSPS) is 30.5. The molecule has 3 rings (SSSR count). The van der Waals surface area contributed by atoms with Crippen LogP contribution in [0, 0.1) is 5.92 Å². The van der Waals surface area contributed by atoms with E-state index in [-0.39, 0.29) is 5.92 Å². The molecule has 2 bridgehead atoms. The Morgan fingerprint density at radius 1 is 1.06 bits per heavy atom. The first-order chi connectivity index (χ1) is 7.50. The van der Waals surface area contributed by atoms with Crippen molar-refractivity contribution in [3.05, 3.63) is 0 Å². The summed E-state index contributed by atoms with van der Waals surface area (Å²) in [6.45, 7) is 10.6. The first-order valence-electron chi connectivity index (χ1n) is 6.57. The number of rotatable bonds is 2. The number of hydrogen-bond acceptors (Lipinski definition) is 2. The van der Waals surface area contributed by atoms with E-state index < -0.39 is 0 Å². The molecule has 2 atom stereocenters. The van der Waals surface area contributed by atoms with Gasteiger partial charge in [0.1, 0.15) is 0 Å². The SMILES string of the molecule is CC(C)C(=O)N1CC2CCC1CN2C(C)C. The lowest BCUT2D eigenvalue weighted by atomic mass is 9.89. The molecule has 0 N–H and O–H groups in total. The van der Waals surface area contributed by atoms with E-state index in [2.05, 4.69) is 23.6 Å². The number of hydrogen-bond donors (Lipinski definition) is 0. The minimum absolute atomic E-state index is 0.145. The van der Waals surface area contributed by atoms with E-state index in [1.807, 2.05) is 13.8 Å². The number of piperazine rings is 1. The summed E-state index contributed by atoms with van der Waals surface area (Å²) in [6, 6.07) is 1.69. The minimum atomic E-state index is 0.145. The summed E-state index contributed by atoms with van der Waals surface area (Å²) in [7, 11) is 0. The van der Waals surface area contributed by atoms with Crippen LogP contribution in [-0.2, 0) is 4.79 Å². The summed E-state index contributed by atoms with van der Waals surface area (Å²) in [5.41, 5.74) is 0. The summed E-state index contributed by atoms with van der Waals surface area (Å²) in [6.07, 6.45) is 2.47. The Morgan fingerprint density at radius 3 is 2.12 bits per heavy atom. The van der Waals surface area contributed by atoms with Gasteiger partial charge >= 0.3 is 0 Å². The van der Waals surface area contributed by atoms with E-state index in [1.54, 1.807) is 0 Å². The fraction of sp³-hybridized carbons (Fsp3) is 0.923. The topological polar surface area (TPSA) is 23.6 Å². The average Bonchev–Trinajstić information content (AvgIpc) is 2.28. The molecule has 0 aliphatic carbocycles. The lowest BCUT2D eigenvalue weighted by Gasteiger charge is -2.53. The summed E-state index contributed by atoms with van der Waals surface area (Å²) in [5, 5.41) is 0. The van der Waals surface area contributed by atoms with Crippen LogP contribution in [0.25, 0.3) is 0 Å². The smallest absolute Gasteiger partial charge is 0.225 e. The molecule has 0 spiro atoms. The van der Waals surface area contributed by atoms with E-state index in [9.17, 15) is 4.79 Å². The van der Waals surface area contributed by atoms with Crippen LogP contribution in [0.5, 0.6) is 0 Å². The molecular weight excluding hydrogens is 200 g/mol. The van der Waals surface area contributed by atoms with Crippen molar-refractivity contribution in [1.29, 1.82) is 0 Å². The van der Waals surface area contributed by atoms with Crippen LogP contribution in [0.2, 0.25) is 0 Å². The van der Waals surface area contributed by atoms with Gasteiger partial charge in [0.05, 0.1) is 0 Å². The molecule has 92 valence electrons. The predicted molar refractivity (Wildman–Crippen MR) is 65.2 cm³/mol. The Morgan fingerprint density at radius 2 is 1.69 bits per heavy atom. The number of carbonyl (C=O) groups is 1. The van der Waals surface area contributed by atoms with Crippen molar-refractivity contribution >= 4 is 5.91 Å². The molecule has 3 heteroatoms. The van der Waals surface area contributed by atoms with Crippen LogP contribution in [0.15, 0.2) is 0 Å². The standard InChI is InChI=1S/C13H24N2O/c1-9(2)13(16)15-8-11-5-6-12(15)7-14(11)10(3)4/h9-12H,5-8H2,1-4H3. The Bertz CT molecular complexity index is 275. The predicted octanol–water partition coefficient (Wildman–Crippen LogP) is 1.73. The number of carbonyl (C=O) groups excluding carboxylic acids is 1. The van der Waals surface area contributed by atoms with Crippen molar-refractivity contribution in [2.75, 3.05) is 13.1 Å². The van der Waals surface area contributed by atoms with Crippen LogP contribution in [0.3, 0.4) is 0 Å². The van der Waals surface area contributed by atoms with Crippen LogP contribution < -0.4 is 0 Å². The Kier molecular flexibility index (Phi) is 3.24. The van der Waals surface area contributed by atoms with E-state index in [0.29, 0.717) is 24.0 Å². The molecule has 0 aromatic carbocycles. The highest BCUT2D eigenvalue weighted by atomic mass is 16.2. The number of amides is 1. The van der Waals surface area contributed by atoms with Crippen LogP contribution in [0.1, 0.15) is 40.5 Å². The third-order valence-electron chi connectivity index (χ3n) is 4.01. The van der Waals surface area contributed by atoms with Crippen molar-refractivity contribution in [2.24, 2.45) is 5.92 Å².